The fraction of sp³-hybridized carbons (Fsp3) is 0.412. The highest BCUT2D eigenvalue weighted by Crippen LogP contribution is 2.27. The maximum atomic E-state index is 12.8. The second-order valence-electron chi connectivity index (χ2n) is 6.02. The van der Waals surface area contributed by atoms with Crippen molar-refractivity contribution in [3.8, 4) is 0 Å². The smallest absolute Gasteiger partial charge is 0.271 e. The fourth-order valence-corrected chi connectivity index (χ4v) is 3.25. The number of hydrogen-bond acceptors (Lipinski definition) is 5. The van der Waals surface area contributed by atoms with Gasteiger partial charge in [-0.3, -0.25) is 4.79 Å². The number of rotatable bonds is 4. The van der Waals surface area contributed by atoms with Crippen molar-refractivity contribution in [3.63, 3.8) is 0 Å². The minimum Gasteiger partial charge on any atom is -0.368 e. The predicted molar refractivity (Wildman–Crippen MR) is 90.1 cm³/mol. The summed E-state index contributed by atoms with van der Waals surface area (Å²) in [6, 6.07) is 3.47. The van der Waals surface area contributed by atoms with E-state index in [0.717, 1.165) is 25.2 Å². The Balaban J connectivity index is 1.58. The molecule has 1 saturated heterocycles. The van der Waals surface area contributed by atoms with E-state index in [9.17, 15) is 4.79 Å². The van der Waals surface area contributed by atoms with E-state index in [1.807, 2.05) is 16.8 Å². The first-order valence-electron chi connectivity index (χ1n) is 8.50. The van der Waals surface area contributed by atoms with Gasteiger partial charge in [0, 0.05) is 31.7 Å². The lowest BCUT2D eigenvalue weighted by Gasteiger charge is -2.32. The number of nitrogens with zero attached hydrogens (tertiary/aromatic N) is 5. The molecule has 4 heterocycles. The number of amides is 1. The Morgan fingerprint density at radius 2 is 2.32 bits per heavy atom. The molecule has 25 heavy (non-hydrogen) atoms. The Bertz CT molecular complexity index is 886. The number of imidazole rings is 2. The lowest BCUT2D eigenvalue weighted by atomic mass is 10.0. The average Bonchev–Trinajstić information content (AvgIpc) is 3.29. The average molecular weight is 340 g/mol. The summed E-state index contributed by atoms with van der Waals surface area (Å²) in [6.45, 7) is 3.55. The lowest BCUT2D eigenvalue weighted by Crippen LogP contribution is -2.44. The van der Waals surface area contributed by atoms with Crippen LogP contribution in [0.1, 0.15) is 42.2 Å². The van der Waals surface area contributed by atoms with E-state index in [4.69, 9.17) is 4.74 Å². The quantitative estimate of drug-likeness (QED) is 0.779. The Hall–Kier alpha value is -2.74. The molecule has 3 aromatic heterocycles. The summed E-state index contributed by atoms with van der Waals surface area (Å²) in [5.74, 6) is 0.644. The maximum absolute atomic E-state index is 12.8. The second kappa shape index (κ2) is 6.64. The van der Waals surface area contributed by atoms with Crippen molar-refractivity contribution >= 4 is 11.6 Å². The first kappa shape index (κ1) is 15.8. The van der Waals surface area contributed by atoms with Crippen molar-refractivity contribution in [2.75, 3.05) is 6.61 Å². The van der Waals surface area contributed by atoms with Gasteiger partial charge in [-0.25, -0.2) is 14.5 Å². The Kier molecular flexibility index (Phi) is 4.19. The number of hydrogen-bond donors (Lipinski definition) is 1. The normalized spacial score (nSPS) is 20.7. The van der Waals surface area contributed by atoms with E-state index in [-0.39, 0.29) is 18.1 Å². The molecule has 8 nitrogen and oxygen atoms in total. The predicted octanol–water partition coefficient (Wildman–Crippen LogP) is 1.60. The SMILES string of the molecule is CCn1ccnc1[C@@H]1OCCC[C@H]1NC(=O)c1cnc2cccnn12. The standard InChI is InChI=1S/C17H20N6O2/c1-2-22-9-8-18-16(22)15-12(5-4-10-25-15)21-17(24)13-11-19-14-6-3-7-20-23(13)14/h3,6-9,11-12,15H,2,4-5,10H2,1H3,(H,21,24)/t12-,15-/m1/s1. The third kappa shape index (κ3) is 2.89. The number of carbonyl (C=O) groups is 1. The van der Waals surface area contributed by atoms with E-state index < -0.39 is 0 Å². The first-order valence-corrected chi connectivity index (χ1v) is 8.50. The molecule has 0 aliphatic carbocycles. The lowest BCUT2D eigenvalue weighted by molar-refractivity contribution is -0.0163. The number of fused-ring (bicyclic) bond motifs is 1. The van der Waals surface area contributed by atoms with Crippen molar-refractivity contribution in [3.05, 3.63) is 48.4 Å². The summed E-state index contributed by atoms with van der Waals surface area (Å²) in [5, 5.41) is 7.28. The molecule has 1 aliphatic heterocycles. The summed E-state index contributed by atoms with van der Waals surface area (Å²) in [4.78, 5) is 21.4. The molecule has 0 spiro atoms. The zero-order valence-electron chi connectivity index (χ0n) is 14.0. The summed E-state index contributed by atoms with van der Waals surface area (Å²) >= 11 is 0. The van der Waals surface area contributed by atoms with Crippen LogP contribution in [0.3, 0.4) is 0 Å². The van der Waals surface area contributed by atoms with Crippen LogP contribution in [0, 0.1) is 0 Å². The van der Waals surface area contributed by atoms with Crippen LogP contribution < -0.4 is 5.32 Å². The molecular weight excluding hydrogens is 320 g/mol. The number of ether oxygens (including phenoxy) is 1. The summed E-state index contributed by atoms with van der Waals surface area (Å²) in [7, 11) is 0. The van der Waals surface area contributed by atoms with Crippen LogP contribution in [0.4, 0.5) is 0 Å². The number of aromatic nitrogens is 5. The van der Waals surface area contributed by atoms with E-state index >= 15 is 0 Å². The van der Waals surface area contributed by atoms with E-state index in [0.29, 0.717) is 17.9 Å². The van der Waals surface area contributed by atoms with Gasteiger partial charge >= 0.3 is 0 Å². The molecule has 0 radical (unpaired) electrons. The molecule has 4 rings (SSSR count). The molecule has 0 unspecified atom stereocenters. The van der Waals surface area contributed by atoms with Crippen LogP contribution in [0.15, 0.2) is 36.9 Å². The van der Waals surface area contributed by atoms with E-state index in [1.54, 1.807) is 29.2 Å². The van der Waals surface area contributed by atoms with Gasteiger partial charge in [-0.1, -0.05) is 0 Å². The van der Waals surface area contributed by atoms with Gasteiger partial charge in [0.2, 0.25) is 0 Å². The monoisotopic (exact) mass is 340 g/mol. The Labute approximate surface area is 144 Å². The Morgan fingerprint density at radius 3 is 3.20 bits per heavy atom. The summed E-state index contributed by atoms with van der Waals surface area (Å²) < 4.78 is 9.54. The molecule has 8 heteroatoms. The third-order valence-corrected chi connectivity index (χ3v) is 4.49. The van der Waals surface area contributed by atoms with Gasteiger partial charge in [-0.15, -0.1) is 0 Å². The van der Waals surface area contributed by atoms with Crippen molar-refractivity contribution in [1.82, 2.24) is 29.5 Å². The zero-order valence-corrected chi connectivity index (χ0v) is 14.0. The number of carbonyl (C=O) groups excluding carboxylic acids is 1. The van der Waals surface area contributed by atoms with Crippen molar-refractivity contribution < 1.29 is 9.53 Å². The topological polar surface area (TPSA) is 86.3 Å². The van der Waals surface area contributed by atoms with Crippen molar-refractivity contribution in [1.29, 1.82) is 0 Å². The maximum Gasteiger partial charge on any atom is 0.271 e. The summed E-state index contributed by atoms with van der Waals surface area (Å²) in [5.41, 5.74) is 1.06. The van der Waals surface area contributed by atoms with Crippen LogP contribution >= 0.6 is 0 Å². The molecule has 0 saturated carbocycles. The number of aryl methyl sites for hydroxylation is 1. The van der Waals surface area contributed by atoms with E-state index in [1.165, 1.54) is 0 Å². The van der Waals surface area contributed by atoms with Gasteiger partial charge in [0.15, 0.2) is 5.65 Å². The Morgan fingerprint density at radius 1 is 1.40 bits per heavy atom. The second-order valence-corrected chi connectivity index (χ2v) is 6.02. The first-order chi connectivity index (χ1) is 12.3. The molecule has 130 valence electrons. The molecule has 1 amide bonds. The van der Waals surface area contributed by atoms with Gasteiger partial charge < -0.3 is 14.6 Å². The van der Waals surface area contributed by atoms with Crippen LogP contribution in [-0.4, -0.2) is 42.7 Å². The summed E-state index contributed by atoms with van der Waals surface area (Å²) in [6.07, 6.45) is 8.38. The van der Waals surface area contributed by atoms with Crippen LogP contribution in [0.5, 0.6) is 0 Å². The van der Waals surface area contributed by atoms with Crippen LogP contribution in [0.25, 0.3) is 5.65 Å². The number of nitrogens with one attached hydrogen (secondary N) is 1. The molecule has 0 bridgehead atoms. The van der Waals surface area contributed by atoms with Crippen molar-refractivity contribution in [2.24, 2.45) is 0 Å². The minimum absolute atomic E-state index is 0.136. The molecule has 3 aromatic rings. The molecule has 2 atom stereocenters. The molecular formula is C17H20N6O2. The minimum atomic E-state index is -0.250. The molecule has 1 aliphatic rings. The van der Waals surface area contributed by atoms with Gasteiger partial charge in [-0.2, -0.15) is 5.10 Å². The van der Waals surface area contributed by atoms with Gasteiger partial charge in [0.1, 0.15) is 17.6 Å². The van der Waals surface area contributed by atoms with Gasteiger partial charge in [0.25, 0.3) is 5.91 Å². The van der Waals surface area contributed by atoms with Gasteiger partial charge in [0.05, 0.1) is 12.2 Å². The highest BCUT2D eigenvalue weighted by molar-refractivity contribution is 5.93. The van der Waals surface area contributed by atoms with Crippen molar-refractivity contribution in [2.45, 2.75) is 38.5 Å². The van der Waals surface area contributed by atoms with E-state index in [2.05, 4.69) is 27.3 Å². The van der Waals surface area contributed by atoms with Crippen LogP contribution in [0.2, 0.25) is 0 Å². The zero-order chi connectivity index (χ0) is 17.2. The molecule has 1 fully saturated rings. The van der Waals surface area contributed by atoms with Gasteiger partial charge in [-0.05, 0) is 31.9 Å². The molecule has 0 aromatic carbocycles. The fourth-order valence-electron chi connectivity index (χ4n) is 3.25. The third-order valence-electron chi connectivity index (χ3n) is 4.49. The highest BCUT2D eigenvalue weighted by atomic mass is 16.5. The highest BCUT2D eigenvalue weighted by Gasteiger charge is 2.32. The largest absolute Gasteiger partial charge is 0.368 e. The molecule has 1 N–H and O–H groups in total. The van der Waals surface area contributed by atoms with Crippen LogP contribution in [-0.2, 0) is 11.3 Å².